The van der Waals surface area contributed by atoms with E-state index >= 15 is 0 Å². The Kier molecular flexibility index (Phi) is 5.74. The number of carbonyl (C=O) groups is 3. The molecule has 1 fully saturated rings. The second kappa shape index (κ2) is 8.57. The van der Waals surface area contributed by atoms with Gasteiger partial charge >= 0.3 is 11.8 Å². The van der Waals surface area contributed by atoms with Crippen LogP contribution < -0.4 is 15.5 Å². The third-order valence-corrected chi connectivity index (χ3v) is 8.68. The van der Waals surface area contributed by atoms with E-state index < -0.39 is 17.9 Å². The first-order chi connectivity index (χ1) is 15.9. The highest BCUT2D eigenvalue weighted by Gasteiger charge is 2.38. The van der Waals surface area contributed by atoms with Gasteiger partial charge in [0.1, 0.15) is 0 Å². The monoisotopic (exact) mass is 467 g/mol. The van der Waals surface area contributed by atoms with Gasteiger partial charge in [-0.15, -0.1) is 11.3 Å². The Morgan fingerprint density at radius 1 is 1.15 bits per heavy atom. The quantitative estimate of drug-likeness (QED) is 0.588. The molecule has 3 N–H and O–H groups in total. The summed E-state index contributed by atoms with van der Waals surface area (Å²) in [7, 11) is 0. The molecule has 3 heterocycles. The zero-order valence-electron chi connectivity index (χ0n) is 18.8. The summed E-state index contributed by atoms with van der Waals surface area (Å²) in [5.74, 6) is -1.25. The molecule has 3 amide bonds. The molecular weight excluding hydrogens is 438 g/mol. The van der Waals surface area contributed by atoms with Gasteiger partial charge in [-0.05, 0) is 68.0 Å². The first kappa shape index (κ1) is 22.1. The molecule has 1 aromatic heterocycles. The number of carbonyl (C=O) groups excluding carboxylic acids is 3. The molecule has 1 saturated carbocycles. The van der Waals surface area contributed by atoms with Gasteiger partial charge < -0.3 is 20.6 Å². The highest BCUT2D eigenvalue weighted by atomic mass is 32.1. The predicted octanol–water partition coefficient (Wildman–Crippen LogP) is 3.20. The van der Waals surface area contributed by atoms with Crippen LogP contribution in [0.2, 0.25) is 0 Å². The maximum absolute atomic E-state index is 12.7. The summed E-state index contributed by atoms with van der Waals surface area (Å²) in [5, 5.41) is 15.5. The van der Waals surface area contributed by atoms with Crippen molar-refractivity contribution in [3.63, 3.8) is 0 Å². The van der Waals surface area contributed by atoms with Crippen LogP contribution in [-0.4, -0.2) is 35.9 Å². The number of hydrogen-bond donors (Lipinski definition) is 3. The van der Waals surface area contributed by atoms with E-state index in [0.717, 1.165) is 71.6 Å². The molecule has 1 atom stereocenters. The van der Waals surface area contributed by atoms with Crippen LogP contribution in [0.25, 0.3) is 0 Å². The summed E-state index contributed by atoms with van der Waals surface area (Å²) in [5.41, 5.74) is 3.34. The standard InChI is InChI=1S/C25H29N3O4S/c1-15(29)19-6-7-20(33-19)25(8-2-3-9-25)14-26-23(31)24(32)27-18-11-16-5-4-10-28-21(30)13-17(12-18)22(16)28/h6-7,11-12,15,29H,2-5,8-10,13-14H2,1H3,(H,26,31)(H,27,32). The van der Waals surface area contributed by atoms with Gasteiger partial charge in [-0.3, -0.25) is 14.4 Å². The predicted molar refractivity (Wildman–Crippen MR) is 128 cm³/mol. The van der Waals surface area contributed by atoms with Gasteiger partial charge in [-0.25, -0.2) is 0 Å². The molecule has 0 spiro atoms. The number of thiophene rings is 1. The van der Waals surface area contributed by atoms with Crippen LogP contribution in [0, 0.1) is 0 Å². The zero-order chi connectivity index (χ0) is 23.2. The SMILES string of the molecule is CC(O)c1ccc(C2(CNC(=O)C(=O)Nc3cc4c5c(c3)CC(=O)N5CCC4)CCCC2)s1. The molecule has 7 nitrogen and oxygen atoms in total. The molecule has 1 aliphatic carbocycles. The van der Waals surface area contributed by atoms with Crippen molar-refractivity contribution in [3.8, 4) is 0 Å². The summed E-state index contributed by atoms with van der Waals surface area (Å²) >= 11 is 1.59. The van der Waals surface area contributed by atoms with Gasteiger partial charge in [-0.2, -0.15) is 0 Å². The zero-order valence-corrected chi connectivity index (χ0v) is 19.6. The lowest BCUT2D eigenvalue weighted by molar-refractivity contribution is -0.136. The highest BCUT2D eigenvalue weighted by molar-refractivity contribution is 7.12. The van der Waals surface area contributed by atoms with Crippen LogP contribution in [0.15, 0.2) is 24.3 Å². The normalized spacial score (nSPS) is 19.3. The molecule has 0 saturated heterocycles. The molecule has 3 aliphatic rings. The molecule has 1 aromatic carbocycles. The lowest BCUT2D eigenvalue weighted by Gasteiger charge is -2.28. The van der Waals surface area contributed by atoms with Gasteiger partial charge in [-0.1, -0.05) is 12.8 Å². The van der Waals surface area contributed by atoms with E-state index in [1.54, 1.807) is 18.3 Å². The van der Waals surface area contributed by atoms with E-state index in [1.165, 1.54) is 0 Å². The van der Waals surface area contributed by atoms with E-state index in [4.69, 9.17) is 0 Å². The topological polar surface area (TPSA) is 98.7 Å². The Balaban J connectivity index is 1.26. The Labute approximate surface area is 197 Å². The second-order valence-electron chi connectivity index (χ2n) is 9.47. The van der Waals surface area contributed by atoms with Crippen molar-refractivity contribution in [2.75, 3.05) is 23.3 Å². The van der Waals surface area contributed by atoms with Gasteiger partial charge in [0.2, 0.25) is 5.91 Å². The van der Waals surface area contributed by atoms with Gasteiger partial charge in [0, 0.05) is 33.9 Å². The molecule has 5 rings (SSSR count). The van der Waals surface area contributed by atoms with Crippen molar-refractivity contribution in [2.24, 2.45) is 0 Å². The average molecular weight is 468 g/mol. The Morgan fingerprint density at radius 2 is 1.91 bits per heavy atom. The lowest BCUT2D eigenvalue weighted by Crippen LogP contribution is -2.43. The Bertz CT molecular complexity index is 1120. The van der Waals surface area contributed by atoms with Crippen molar-refractivity contribution >= 4 is 40.4 Å². The smallest absolute Gasteiger partial charge is 0.313 e. The largest absolute Gasteiger partial charge is 0.388 e. The van der Waals surface area contributed by atoms with Gasteiger partial charge in [0.25, 0.3) is 0 Å². The third-order valence-electron chi connectivity index (χ3n) is 7.18. The number of nitrogens with zero attached hydrogens (tertiary/aromatic N) is 1. The molecule has 174 valence electrons. The summed E-state index contributed by atoms with van der Waals surface area (Å²) < 4.78 is 0. The molecule has 0 radical (unpaired) electrons. The van der Waals surface area contributed by atoms with Crippen molar-refractivity contribution in [1.82, 2.24) is 5.32 Å². The summed E-state index contributed by atoms with van der Waals surface area (Å²) in [6, 6.07) is 7.70. The average Bonchev–Trinajstić information content (AvgIpc) is 3.53. The Morgan fingerprint density at radius 3 is 2.64 bits per heavy atom. The fraction of sp³-hybridized carbons (Fsp3) is 0.480. The summed E-state index contributed by atoms with van der Waals surface area (Å²) in [6.45, 7) is 2.90. The van der Waals surface area contributed by atoms with Crippen LogP contribution in [0.1, 0.15) is 66.0 Å². The van der Waals surface area contributed by atoms with E-state index in [2.05, 4.69) is 10.6 Å². The van der Waals surface area contributed by atoms with E-state index in [9.17, 15) is 19.5 Å². The maximum atomic E-state index is 12.7. The minimum Gasteiger partial charge on any atom is -0.388 e. The number of nitrogens with one attached hydrogen (secondary N) is 2. The number of benzene rings is 1. The fourth-order valence-electron chi connectivity index (χ4n) is 5.49. The molecular formula is C25H29N3O4S. The van der Waals surface area contributed by atoms with Crippen LogP contribution in [0.5, 0.6) is 0 Å². The number of anilines is 2. The van der Waals surface area contributed by atoms with Gasteiger partial charge in [0.15, 0.2) is 0 Å². The minimum absolute atomic E-state index is 0.0985. The molecule has 2 aromatic rings. The molecule has 1 unspecified atom stereocenters. The Hall–Kier alpha value is -2.71. The molecule has 33 heavy (non-hydrogen) atoms. The van der Waals surface area contributed by atoms with Crippen molar-refractivity contribution in [1.29, 1.82) is 0 Å². The lowest BCUT2D eigenvalue weighted by atomic mass is 9.84. The summed E-state index contributed by atoms with van der Waals surface area (Å²) in [6.07, 6.45) is 5.66. The number of hydrogen-bond acceptors (Lipinski definition) is 5. The number of aliphatic hydroxyl groups is 1. The van der Waals surface area contributed by atoms with Crippen molar-refractivity contribution in [3.05, 3.63) is 45.1 Å². The summed E-state index contributed by atoms with van der Waals surface area (Å²) in [4.78, 5) is 41.5. The van der Waals surface area contributed by atoms with Crippen LogP contribution in [-0.2, 0) is 32.6 Å². The number of aliphatic hydroxyl groups excluding tert-OH is 1. The van der Waals surface area contributed by atoms with E-state index in [0.29, 0.717) is 18.7 Å². The number of rotatable bonds is 5. The molecule has 0 bridgehead atoms. The third kappa shape index (κ3) is 4.06. The molecule has 8 heteroatoms. The first-order valence-corrected chi connectivity index (χ1v) is 12.5. The van der Waals surface area contributed by atoms with Gasteiger partial charge in [0.05, 0.1) is 18.2 Å². The number of amides is 3. The highest BCUT2D eigenvalue weighted by Crippen LogP contribution is 2.44. The van der Waals surface area contributed by atoms with Crippen LogP contribution in [0.3, 0.4) is 0 Å². The second-order valence-corrected chi connectivity index (χ2v) is 10.6. The first-order valence-electron chi connectivity index (χ1n) is 11.7. The van der Waals surface area contributed by atoms with Crippen molar-refractivity contribution < 1.29 is 19.5 Å². The van der Waals surface area contributed by atoms with E-state index in [1.807, 2.05) is 29.2 Å². The van der Waals surface area contributed by atoms with Crippen LogP contribution in [0.4, 0.5) is 11.4 Å². The maximum Gasteiger partial charge on any atom is 0.313 e. The minimum atomic E-state index is -0.692. The van der Waals surface area contributed by atoms with Crippen LogP contribution >= 0.6 is 11.3 Å². The molecule has 2 aliphatic heterocycles. The number of aryl methyl sites for hydroxylation is 1. The van der Waals surface area contributed by atoms with E-state index in [-0.39, 0.29) is 11.3 Å². The fourth-order valence-corrected chi connectivity index (χ4v) is 6.68. The van der Waals surface area contributed by atoms with Crippen molar-refractivity contribution in [2.45, 2.75) is 63.4 Å².